The van der Waals surface area contributed by atoms with Gasteiger partial charge in [-0.25, -0.2) is 9.37 Å². The molecule has 0 aliphatic carbocycles. The lowest BCUT2D eigenvalue weighted by Crippen LogP contribution is -2.31. The standard InChI is InChI=1S/C25H25ClFN3O2S/c26-19-3-1-2-17(10-19)23(14-31)30-25(32)20-5-4-16(12-22(20)27)21-11-18(13-29-24(21)28)15-6-8-33-9-7-15/h1-5,10-13,15,23,31H,6-9,14H2,(H2,28,29)(H,30,32). The van der Waals surface area contributed by atoms with E-state index in [1.165, 1.54) is 12.1 Å². The molecule has 5 nitrogen and oxygen atoms in total. The van der Waals surface area contributed by atoms with Crippen LogP contribution in [0.1, 0.15) is 46.3 Å². The lowest BCUT2D eigenvalue weighted by Gasteiger charge is -2.22. The number of thioether (sulfide) groups is 1. The summed E-state index contributed by atoms with van der Waals surface area (Å²) in [5.74, 6) is 1.68. The molecule has 3 aromatic rings. The Morgan fingerprint density at radius 3 is 2.73 bits per heavy atom. The maximum absolute atomic E-state index is 15.0. The number of carbonyl (C=O) groups is 1. The van der Waals surface area contributed by atoms with Gasteiger partial charge in [-0.05, 0) is 77.3 Å². The van der Waals surface area contributed by atoms with Crippen molar-refractivity contribution in [2.24, 2.45) is 0 Å². The molecule has 172 valence electrons. The summed E-state index contributed by atoms with van der Waals surface area (Å²) < 4.78 is 15.0. The van der Waals surface area contributed by atoms with Crippen LogP contribution in [0.15, 0.2) is 54.7 Å². The highest BCUT2D eigenvalue weighted by molar-refractivity contribution is 7.99. The van der Waals surface area contributed by atoms with Crippen molar-refractivity contribution < 1.29 is 14.3 Å². The van der Waals surface area contributed by atoms with E-state index in [2.05, 4.69) is 10.3 Å². The molecular weight excluding hydrogens is 461 g/mol. The van der Waals surface area contributed by atoms with Crippen LogP contribution in [0.5, 0.6) is 0 Å². The van der Waals surface area contributed by atoms with Crippen LogP contribution in [0.2, 0.25) is 5.02 Å². The average Bonchev–Trinajstić information content (AvgIpc) is 2.83. The van der Waals surface area contributed by atoms with E-state index in [9.17, 15) is 14.3 Å². The highest BCUT2D eigenvalue weighted by Crippen LogP contribution is 2.35. The Morgan fingerprint density at radius 1 is 1.24 bits per heavy atom. The van der Waals surface area contributed by atoms with Gasteiger partial charge in [0.15, 0.2) is 0 Å². The number of nitrogen functional groups attached to an aromatic ring is 1. The average molecular weight is 486 g/mol. The Labute approximate surface area is 201 Å². The Balaban J connectivity index is 1.56. The second kappa shape index (κ2) is 10.5. The van der Waals surface area contributed by atoms with Gasteiger partial charge in [-0.1, -0.05) is 29.8 Å². The molecular formula is C25H25ClFN3O2S. The van der Waals surface area contributed by atoms with E-state index in [1.54, 1.807) is 30.3 Å². The molecule has 8 heteroatoms. The summed E-state index contributed by atoms with van der Waals surface area (Å²) in [6.45, 7) is -0.347. The number of anilines is 1. The van der Waals surface area contributed by atoms with E-state index in [0.717, 1.165) is 29.9 Å². The normalized spacial score (nSPS) is 15.2. The SMILES string of the molecule is Nc1ncc(C2CCSCC2)cc1-c1ccc(C(=O)NC(CO)c2cccc(Cl)c2)c(F)c1. The van der Waals surface area contributed by atoms with E-state index in [4.69, 9.17) is 17.3 Å². The zero-order valence-electron chi connectivity index (χ0n) is 17.9. The number of hydrogen-bond acceptors (Lipinski definition) is 5. The zero-order valence-corrected chi connectivity index (χ0v) is 19.5. The largest absolute Gasteiger partial charge is 0.394 e. The molecule has 0 radical (unpaired) electrons. The van der Waals surface area contributed by atoms with Gasteiger partial charge in [0.25, 0.3) is 5.91 Å². The van der Waals surface area contributed by atoms with Gasteiger partial charge in [0.05, 0.1) is 18.2 Å². The first-order chi connectivity index (χ1) is 16.0. The van der Waals surface area contributed by atoms with Gasteiger partial charge in [-0.2, -0.15) is 11.8 Å². The van der Waals surface area contributed by atoms with E-state index in [1.807, 2.05) is 24.0 Å². The molecule has 1 unspecified atom stereocenters. The monoisotopic (exact) mass is 485 g/mol. The predicted octanol–water partition coefficient (Wildman–Crippen LogP) is 5.20. The molecule has 4 rings (SSSR count). The summed E-state index contributed by atoms with van der Waals surface area (Å²) in [5, 5.41) is 12.9. The number of rotatable bonds is 6. The summed E-state index contributed by atoms with van der Waals surface area (Å²) in [7, 11) is 0. The molecule has 0 spiro atoms. The minimum absolute atomic E-state index is 0.119. The zero-order chi connectivity index (χ0) is 23.4. The van der Waals surface area contributed by atoms with Crippen LogP contribution in [0, 0.1) is 5.82 Å². The smallest absolute Gasteiger partial charge is 0.254 e. The second-order valence-electron chi connectivity index (χ2n) is 8.05. The van der Waals surface area contributed by atoms with Crippen LogP contribution in [0.25, 0.3) is 11.1 Å². The third-order valence-electron chi connectivity index (χ3n) is 5.90. The number of nitrogens with two attached hydrogens (primary N) is 1. The van der Waals surface area contributed by atoms with Gasteiger partial charge < -0.3 is 16.2 Å². The van der Waals surface area contributed by atoms with Crippen molar-refractivity contribution in [1.82, 2.24) is 10.3 Å². The third kappa shape index (κ3) is 5.49. The molecule has 0 bridgehead atoms. The van der Waals surface area contributed by atoms with Crippen molar-refractivity contribution in [3.05, 3.63) is 82.3 Å². The molecule has 2 heterocycles. The van der Waals surface area contributed by atoms with Crippen molar-refractivity contribution in [1.29, 1.82) is 0 Å². The summed E-state index contributed by atoms with van der Waals surface area (Å²) in [4.78, 5) is 17.1. The molecule has 1 aliphatic rings. The number of aromatic nitrogens is 1. The number of carbonyl (C=O) groups excluding carboxylic acids is 1. The molecule has 2 aromatic carbocycles. The molecule has 1 atom stereocenters. The Hall–Kier alpha value is -2.61. The fourth-order valence-corrected chi connectivity index (χ4v) is 5.34. The number of nitrogens with one attached hydrogen (secondary N) is 1. The highest BCUT2D eigenvalue weighted by Gasteiger charge is 2.21. The van der Waals surface area contributed by atoms with Crippen LogP contribution in [0.3, 0.4) is 0 Å². The third-order valence-corrected chi connectivity index (χ3v) is 7.18. The summed E-state index contributed by atoms with van der Waals surface area (Å²) in [6, 6.07) is 12.5. The molecule has 1 aromatic heterocycles. The van der Waals surface area contributed by atoms with E-state index < -0.39 is 17.8 Å². The molecule has 1 saturated heterocycles. The minimum Gasteiger partial charge on any atom is -0.394 e. The number of benzene rings is 2. The van der Waals surface area contributed by atoms with E-state index >= 15 is 0 Å². The van der Waals surface area contributed by atoms with Gasteiger partial charge >= 0.3 is 0 Å². The molecule has 1 aliphatic heterocycles. The lowest BCUT2D eigenvalue weighted by atomic mass is 9.92. The first kappa shape index (κ1) is 23.5. The molecule has 1 amide bonds. The summed E-state index contributed by atoms with van der Waals surface area (Å²) in [6.07, 6.45) is 3.98. The van der Waals surface area contributed by atoms with Crippen LogP contribution in [-0.2, 0) is 0 Å². The van der Waals surface area contributed by atoms with Gasteiger partial charge in [0.2, 0.25) is 0 Å². The Morgan fingerprint density at radius 2 is 2.03 bits per heavy atom. The van der Waals surface area contributed by atoms with Gasteiger partial charge in [-0.15, -0.1) is 0 Å². The Kier molecular flexibility index (Phi) is 7.53. The fourth-order valence-electron chi connectivity index (χ4n) is 4.04. The first-order valence-corrected chi connectivity index (χ1v) is 12.3. The number of amides is 1. The van der Waals surface area contributed by atoms with E-state index in [-0.39, 0.29) is 12.2 Å². The van der Waals surface area contributed by atoms with Crippen molar-refractivity contribution in [3.63, 3.8) is 0 Å². The van der Waals surface area contributed by atoms with Crippen LogP contribution < -0.4 is 11.1 Å². The number of halogens is 2. The van der Waals surface area contributed by atoms with Crippen LogP contribution in [0.4, 0.5) is 10.2 Å². The topological polar surface area (TPSA) is 88.2 Å². The van der Waals surface area contributed by atoms with E-state index in [0.29, 0.717) is 33.4 Å². The highest BCUT2D eigenvalue weighted by atomic mass is 35.5. The van der Waals surface area contributed by atoms with Crippen molar-refractivity contribution in [2.45, 2.75) is 24.8 Å². The molecule has 4 N–H and O–H groups in total. The number of hydrogen-bond donors (Lipinski definition) is 3. The second-order valence-corrected chi connectivity index (χ2v) is 9.71. The van der Waals surface area contributed by atoms with Crippen molar-refractivity contribution in [3.8, 4) is 11.1 Å². The van der Waals surface area contributed by atoms with Crippen LogP contribution >= 0.6 is 23.4 Å². The van der Waals surface area contributed by atoms with Gasteiger partial charge in [0, 0.05) is 16.8 Å². The van der Waals surface area contributed by atoms with Crippen molar-refractivity contribution in [2.75, 3.05) is 23.8 Å². The summed E-state index contributed by atoms with van der Waals surface area (Å²) >= 11 is 7.96. The summed E-state index contributed by atoms with van der Waals surface area (Å²) in [5.41, 5.74) is 8.94. The molecule has 0 saturated carbocycles. The first-order valence-electron chi connectivity index (χ1n) is 10.8. The number of nitrogens with zero attached hydrogens (tertiary/aromatic N) is 1. The van der Waals surface area contributed by atoms with Crippen molar-refractivity contribution >= 4 is 35.1 Å². The lowest BCUT2D eigenvalue weighted by molar-refractivity contribution is 0.0912. The minimum atomic E-state index is -0.708. The van der Waals surface area contributed by atoms with Gasteiger partial charge in [-0.3, -0.25) is 4.79 Å². The maximum atomic E-state index is 15.0. The number of pyridine rings is 1. The quantitative estimate of drug-likeness (QED) is 0.446. The number of aliphatic hydroxyl groups excluding tert-OH is 1. The van der Waals surface area contributed by atoms with Gasteiger partial charge in [0.1, 0.15) is 11.6 Å². The Bertz CT molecular complexity index is 1150. The van der Waals surface area contributed by atoms with Crippen LogP contribution in [-0.4, -0.2) is 34.1 Å². The number of aliphatic hydroxyl groups is 1. The molecule has 1 fully saturated rings. The molecule has 33 heavy (non-hydrogen) atoms. The predicted molar refractivity (Wildman–Crippen MR) is 132 cm³/mol. The fraction of sp³-hybridized carbons (Fsp3) is 0.280. The maximum Gasteiger partial charge on any atom is 0.254 e.